The summed E-state index contributed by atoms with van der Waals surface area (Å²) >= 11 is 0. The van der Waals surface area contributed by atoms with E-state index in [0.717, 1.165) is 5.76 Å². The summed E-state index contributed by atoms with van der Waals surface area (Å²) in [6, 6.07) is 9.67. The fourth-order valence-corrected chi connectivity index (χ4v) is 4.68. The van der Waals surface area contributed by atoms with Crippen LogP contribution in [0.4, 0.5) is 0 Å². The summed E-state index contributed by atoms with van der Waals surface area (Å²) in [6.45, 7) is 4.88. The fraction of sp³-hybridized carbons (Fsp3) is 0.400. The lowest BCUT2D eigenvalue weighted by Crippen LogP contribution is -2.87. The normalized spacial score (nSPS) is 16.6. The van der Waals surface area contributed by atoms with Crippen molar-refractivity contribution in [1.82, 2.24) is 9.21 Å². The largest absolute Gasteiger partial charge is 0.463 e. The van der Waals surface area contributed by atoms with Gasteiger partial charge in [0.15, 0.2) is 18.1 Å². The van der Waals surface area contributed by atoms with Crippen LogP contribution in [0.25, 0.3) is 0 Å². The van der Waals surface area contributed by atoms with E-state index >= 15 is 0 Å². The number of rotatable bonds is 7. The molecular formula is C20H26N3O5S+. The quantitative estimate of drug-likeness (QED) is 0.662. The molecule has 3 rings (SSSR count). The Hall–Kier alpha value is -2.49. The Balaban J connectivity index is 1.53. The predicted molar refractivity (Wildman–Crippen MR) is 106 cm³/mol. The van der Waals surface area contributed by atoms with Gasteiger partial charge in [-0.05, 0) is 38.1 Å². The van der Waals surface area contributed by atoms with Gasteiger partial charge in [-0.1, -0.05) is 12.1 Å². The third-order valence-electron chi connectivity index (χ3n) is 5.13. The number of ketones is 1. The van der Waals surface area contributed by atoms with Gasteiger partial charge in [0.1, 0.15) is 6.04 Å². The van der Waals surface area contributed by atoms with Crippen LogP contribution in [-0.4, -0.2) is 62.0 Å². The molecular weight excluding hydrogens is 394 g/mol. The van der Waals surface area contributed by atoms with E-state index in [4.69, 9.17) is 4.42 Å². The Morgan fingerprint density at radius 3 is 2.31 bits per heavy atom. The molecule has 0 aliphatic carbocycles. The second-order valence-electron chi connectivity index (χ2n) is 7.11. The van der Waals surface area contributed by atoms with Gasteiger partial charge in [0.25, 0.3) is 5.91 Å². The second-order valence-corrected chi connectivity index (χ2v) is 9.05. The van der Waals surface area contributed by atoms with Crippen LogP contribution >= 0.6 is 0 Å². The number of sulfonamides is 1. The molecule has 8 nitrogen and oxygen atoms in total. The van der Waals surface area contributed by atoms with E-state index in [9.17, 15) is 18.0 Å². The fourth-order valence-electron chi connectivity index (χ4n) is 3.26. The highest BCUT2D eigenvalue weighted by atomic mass is 32.2. The number of furan rings is 1. The smallest absolute Gasteiger partial charge is 0.277 e. The molecule has 2 heterocycles. The average Bonchev–Trinajstić information content (AvgIpc) is 3.27. The summed E-state index contributed by atoms with van der Waals surface area (Å²) < 4.78 is 32.3. The number of carbonyl (C=O) groups excluding carboxylic acids is 2. The maximum Gasteiger partial charge on any atom is 0.277 e. The number of amides is 1. The molecule has 2 aromatic rings. The second kappa shape index (κ2) is 8.89. The summed E-state index contributed by atoms with van der Waals surface area (Å²) in [5.41, 5.74) is 0.472. The molecule has 9 heteroatoms. The van der Waals surface area contributed by atoms with E-state index in [1.54, 1.807) is 11.2 Å². The van der Waals surface area contributed by atoms with Gasteiger partial charge < -0.3 is 14.6 Å². The van der Waals surface area contributed by atoms with Crippen molar-refractivity contribution in [3.05, 3.63) is 54.0 Å². The predicted octanol–water partition coefficient (Wildman–Crippen LogP) is 0.640. The van der Waals surface area contributed by atoms with Crippen LogP contribution in [0.2, 0.25) is 0 Å². The first-order valence-corrected chi connectivity index (χ1v) is 11.0. The lowest BCUT2D eigenvalue weighted by Gasteiger charge is -2.33. The Kier molecular flexibility index (Phi) is 6.51. The van der Waals surface area contributed by atoms with Crippen LogP contribution < -0.4 is 5.32 Å². The number of hydrogen-bond acceptors (Lipinski definition) is 5. The van der Waals surface area contributed by atoms with E-state index in [1.165, 1.54) is 35.5 Å². The molecule has 2 N–H and O–H groups in total. The van der Waals surface area contributed by atoms with Crippen molar-refractivity contribution in [1.29, 1.82) is 0 Å². The highest BCUT2D eigenvalue weighted by Gasteiger charge is 2.30. The van der Waals surface area contributed by atoms with Gasteiger partial charge in [-0.25, -0.2) is 8.42 Å². The Morgan fingerprint density at radius 1 is 1.10 bits per heavy atom. The highest BCUT2D eigenvalue weighted by molar-refractivity contribution is 7.89. The van der Waals surface area contributed by atoms with Crippen molar-refractivity contribution in [2.24, 2.45) is 0 Å². The van der Waals surface area contributed by atoms with E-state index in [2.05, 4.69) is 0 Å². The number of benzene rings is 1. The van der Waals surface area contributed by atoms with E-state index < -0.39 is 10.0 Å². The van der Waals surface area contributed by atoms with Crippen LogP contribution in [0.1, 0.15) is 36.0 Å². The van der Waals surface area contributed by atoms with E-state index in [1.807, 2.05) is 24.4 Å². The van der Waals surface area contributed by atoms with Gasteiger partial charge in [0.2, 0.25) is 10.0 Å². The number of Topliss-reactive ketones (excluding diaryl/α,β-unsaturated/α-hetero) is 1. The molecule has 1 aliphatic heterocycles. The molecule has 0 saturated carbocycles. The van der Waals surface area contributed by atoms with Crippen molar-refractivity contribution in [3.63, 3.8) is 0 Å². The third kappa shape index (κ3) is 4.92. The molecule has 1 fully saturated rings. The Morgan fingerprint density at radius 2 is 1.76 bits per heavy atom. The number of nitrogens with two attached hydrogens (primary N) is 1. The molecule has 1 atom stereocenters. The number of nitrogens with zero attached hydrogens (tertiary/aromatic N) is 2. The molecule has 1 amide bonds. The summed E-state index contributed by atoms with van der Waals surface area (Å²) in [6.07, 6.45) is 1.61. The Bertz CT molecular complexity index is 947. The maximum absolute atomic E-state index is 12.8. The number of piperazine rings is 1. The summed E-state index contributed by atoms with van der Waals surface area (Å²) in [5.74, 6) is 0.676. The summed E-state index contributed by atoms with van der Waals surface area (Å²) in [4.78, 5) is 25.7. The lowest BCUT2D eigenvalue weighted by atomic mass is 10.2. The standard InChI is InChI=1S/C20H25N3O5S/c1-15(19-4-3-13-28-19)21-14-20(25)22-9-11-23(12-10-22)29(26,27)18-7-5-17(6-8-18)16(2)24/h3-8,13,15,21H,9-12,14H2,1-2H3/p+1/t15-/m1/s1. The summed E-state index contributed by atoms with van der Waals surface area (Å²) in [7, 11) is -3.65. The van der Waals surface area contributed by atoms with Crippen molar-refractivity contribution in [2.45, 2.75) is 24.8 Å². The molecule has 0 radical (unpaired) electrons. The van der Waals surface area contributed by atoms with Gasteiger partial charge in [0.05, 0.1) is 11.2 Å². The topological polar surface area (TPSA) is 105 Å². The zero-order chi connectivity index (χ0) is 21.0. The minimum atomic E-state index is -3.65. The first kappa shape index (κ1) is 21.2. The SMILES string of the molecule is CC(=O)c1ccc(S(=O)(=O)N2CCN(C(=O)C[NH2+][C@H](C)c3ccco3)CC2)cc1. The minimum Gasteiger partial charge on any atom is -0.463 e. The van der Waals surface area contributed by atoms with Gasteiger partial charge in [-0.3, -0.25) is 9.59 Å². The number of carbonyl (C=O) groups is 2. The van der Waals surface area contributed by atoms with Crippen LogP contribution in [-0.2, 0) is 14.8 Å². The first-order valence-electron chi connectivity index (χ1n) is 9.54. The van der Waals surface area contributed by atoms with Gasteiger partial charge in [0, 0.05) is 31.7 Å². The molecule has 1 aromatic heterocycles. The molecule has 0 spiro atoms. The van der Waals surface area contributed by atoms with Gasteiger partial charge >= 0.3 is 0 Å². The third-order valence-corrected chi connectivity index (χ3v) is 7.04. The maximum atomic E-state index is 12.8. The van der Waals surface area contributed by atoms with Crippen molar-refractivity contribution in [3.8, 4) is 0 Å². The van der Waals surface area contributed by atoms with Crippen LogP contribution in [0.3, 0.4) is 0 Å². The number of hydrogen-bond donors (Lipinski definition) is 1. The molecule has 156 valence electrons. The van der Waals surface area contributed by atoms with E-state index in [-0.39, 0.29) is 42.3 Å². The first-order chi connectivity index (χ1) is 13.8. The van der Waals surface area contributed by atoms with Crippen molar-refractivity contribution >= 4 is 21.7 Å². The van der Waals surface area contributed by atoms with Crippen LogP contribution in [0.5, 0.6) is 0 Å². The molecule has 0 unspecified atom stereocenters. The van der Waals surface area contributed by atoms with Crippen molar-refractivity contribution in [2.75, 3.05) is 32.7 Å². The van der Waals surface area contributed by atoms with Crippen LogP contribution in [0.15, 0.2) is 52.0 Å². The van der Waals surface area contributed by atoms with Gasteiger partial charge in [-0.15, -0.1) is 0 Å². The van der Waals surface area contributed by atoms with Crippen molar-refractivity contribution < 1.29 is 27.7 Å². The Labute approximate surface area is 170 Å². The minimum absolute atomic E-state index is 0.0220. The zero-order valence-corrected chi connectivity index (χ0v) is 17.4. The molecule has 1 aliphatic rings. The van der Waals surface area contributed by atoms with Gasteiger partial charge in [-0.2, -0.15) is 4.31 Å². The van der Waals surface area contributed by atoms with Crippen LogP contribution in [0, 0.1) is 0 Å². The highest BCUT2D eigenvalue weighted by Crippen LogP contribution is 2.18. The molecule has 29 heavy (non-hydrogen) atoms. The monoisotopic (exact) mass is 420 g/mol. The average molecular weight is 421 g/mol. The summed E-state index contributed by atoms with van der Waals surface area (Å²) in [5, 5.41) is 1.90. The molecule has 1 saturated heterocycles. The molecule has 1 aromatic carbocycles. The number of quaternary nitrogens is 1. The molecule has 0 bridgehead atoms. The zero-order valence-electron chi connectivity index (χ0n) is 16.6. The lowest BCUT2D eigenvalue weighted by molar-refractivity contribution is -0.685. The van der Waals surface area contributed by atoms with E-state index in [0.29, 0.717) is 18.7 Å².